The molecule has 1 fully saturated rings. The normalized spacial score (nSPS) is 19.6. The second-order valence-corrected chi connectivity index (χ2v) is 5.29. The third-order valence-electron chi connectivity index (χ3n) is 3.27. The first-order valence-electron chi connectivity index (χ1n) is 5.94. The summed E-state index contributed by atoms with van der Waals surface area (Å²) in [6, 6.07) is 5.23. The van der Waals surface area contributed by atoms with Crippen molar-refractivity contribution >= 4 is 33.8 Å². The molecule has 1 amide bonds. The topological polar surface area (TPSA) is 63.4 Å². The van der Waals surface area contributed by atoms with Gasteiger partial charge in [0.05, 0.1) is 0 Å². The van der Waals surface area contributed by atoms with Crippen molar-refractivity contribution in [1.82, 2.24) is 0 Å². The van der Waals surface area contributed by atoms with Crippen LogP contribution in [0.2, 0.25) is 0 Å². The van der Waals surface area contributed by atoms with E-state index in [0.29, 0.717) is 5.56 Å². The number of aldehydes is 1. The van der Waals surface area contributed by atoms with E-state index >= 15 is 0 Å². The Kier molecular flexibility index (Phi) is 4.01. The van der Waals surface area contributed by atoms with Gasteiger partial charge in [0, 0.05) is 22.3 Å². The molecular weight excluding hydrogens is 296 g/mol. The summed E-state index contributed by atoms with van der Waals surface area (Å²) >= 11 is 3.36. The summed E-state index contributed by atoms with van der Waals surface area (Å²) in [4.78, 5) is 24.2. The molecule has 1 aromatic rings. The van der Waals surface area contributed by atoms with Crippen LogP contribution in [0.3, 0.4) is 0 Å². The molecule has 4 nitrogen and oxygen atoms in total. The van der Waals surface area contributed by atoms with Gasteiger partial charge in [0.1, 0.15) is 6.04 Å². The van der Waals surface area contributed by atoms with Gasteiger partial charge in [-0.05, 0) is 53.4 Å². The fraction of sp³-hybridized carbons (Fsp3) is 0.385. The number of carbonyl (C=O) groups is 2. The van der Waals surface area contributed by atoms with E-state index in [1.165, 1.54) is 0 Å². The molecule has 1 unspecified atom stereocenters. The molecule has 0 radical (unpaired) electrons. The Morgan fingerprint density at radius 1 is 1.44 bits per heavy atom. The van der Waals surface area contributed by atoms with E-state index in [9.17, 15) is 9.59 Å². The molecule has 2 rings (SSSR count). The largest absolute Gasteiger partial charge is 0.368 e. The molecule has 0 spiro atoms. The Labute approximate surface area is 114 Å². The van der Waals surface area contributed by atoms with Crippen molar-refractivity contribution in [2.75, 3.05) is 11.4 Å². The van der Waals surface area contributed by atoms with E-state index in [2.05, 4.69) is 15.9 Å². The summed E-state index contributed by atoms with van der Waals surface area (Å²) in [6.07, 6.45) is 3.67. The number of piperidine rings is 1. The van der Waals surface area contributed by atoms with Gasteiger partial charge in [0.25, 0.3) is 0 Å². The van der Waals surface area contributed by atoms with Crippen LogP contribution in [0.5, 0.6) is 0 Å². The number of carbonyl (C=O) groups excluding carboxylic acids is 2. The lowest BCUT2D eigenvalue weighted by molar-refractivity contribution is -0.119. The first-order valence-corrected chi connectivity index (χ1v) is 6.73. The number of halogens is 1. The summed E-state index contributed by atoms with van der Waals surface area (Å²) in [7, 11) is 0. The lowest BCUT2D eigenvalue weighted by Gasteiger charge is -2.35. The lowest BCUT2D eigenvalue weighted by Crippen LogP contribution is -2.47. The van der Waals surface area contributed by atoms with E-state index < -0.39 is 0 Å². The summed E-state index contributed by atoms with van der Waals surface area (Å²) in [5.74, 6) is -0.287. The highest BCUT2D eigenvalue weighted by Gasteiger charge is 2.27. The predicted octanol–water partition coefficient (Wildman–Crippen LogP) is 2.11. The number of hydrogen-bond donors (Lipinski definition) is 1. The summed E-state index contributed by atoms with van der Waals surface area (Å²) in [5, 5.41) is 0. The second kappa shape index (κ2) is 5.52. The molecule has 0 aliphatic carbocycles. The van der Waals surface area contributed by atoms with Crippen molar-refractivity contribution in [3.8, 4) is 0 Å². The third kappa shape index (κ3) is 2.56. The Balaban J connectivity index is 2.31. The zero-order valence-corrected chi connectivity index (χ0v) is 11.5. The van der Waals surface area contributed by atoms with Crippen LogP contribution in [0, 0.1) is 0 Å². The fourth-order valence-corrected chi connectivity index (χ4v) is 2.79. The standard InChI is InChI=1S/C13H15BrN2O2/c14-11-7-10(5-4-9(11)8-17)16-6-2-1-3-12(16)13(15)18/h4-5,7-8,12H,1-3,6H2,(H2,15,18). The Bertz CT molecular complexity index is 476. The highest BCUT2D eigenvalue weighted by atomic mass is 79.9. The van der Waals surface area contributed by atoms with E-state index in [-0.39, 0.29) is 11.9 Å². The highest BCUT2D eigenvalue weighted by molar-refractivity contribution is 9.10. The van der Waals surface area contributed by atoms with Crippen LogP contribution in [0.1, 0.15) is 29.6 Å². The summed E-state index contributed by atoms with van der Waals surface area (Å²) in [5.41, 5.74) is 6.97. The number of nitrogens with two attached hydrogens (primary N) is 1. The van der Waals surface area contributed by atoms with Gasteiger partial charge >= 0.3 is 0 Å². The smallest absolute Gasteiger partial charge is 0.240 e. The van der Waals surface area contributed by atoms with Gasteiger partial charge in [-0.1, -0.05) is 0 Å². The minimum absolute atomic E-state index is 0.243. The summed E-state index contributed by atoms with van der Waals surface area (Å²) in [6.45, 7) is 0.820. The molecule has 18 heavy (non-hydrogen) atoms. The molecule has 1 saturated heterocycles. The lowest BCUT2D eigenvalue weighted by atomic mass is 10.0. The van der Waals surface area contributed by atoms with Gasteiger partial charge in [0.15, 0.2) is 6.29 Å². The molecular formula is C13H15BrN2O2. The zero-order valence-electron chi connectivity index (χ0n) is 9.93. The molecule has 5 heteroatoms. The van der Waals surface area contributed by atoms with E-state index in [1.54, 1.807) is 6.07 Å². The van der Waals surface area contributed by atoms with Crippen molar-refractivity contribution in [1.29, 1.82) is 0 Å². The molecule has 1 aliphatic heterocycles. The van der Waals surface area contributed by atoms with E-state index in [4.69, 9.17) is 5.73 Å². The van der Waals surface area contributed by atoms with Crippen LogP contribution in [-0.2, 0) is 4.79 Å². The van der Waals surface area contributed by atoms with Crippen LogP contribution in [0.4, 0.5) is 5.69 Å². The second-order valence-electron chi connectivity index (χ2n) is 4.43. The van der Waals surface area contributed by atoms with Gasteiger partial charge in [-0.25, -0.2) is 0 Å². The summed E-state index contributed by atoms with van der Waals surface area (Å²) < 4.78 is 0.740. The molecule has 2 N–H and O–H groups in total. The van der Waals surface area contributed by atoms with Gasteiger partial charge in [-0.3, -0.25) is 9.59 Å². The van der Waals surface area contributed by atoms with Crippen LogP contribution in [0.25, 0.3) is 0 Å². The van der Waals surface area contributed by atoms with Gasteiger partial charge in [0.2, 0.25) is 5.91 Å². The number of benzene rings is 1. The minimum Gasteiger partial charge on any atom is -0.368 e. The molecule has 96 valence electrons. The van der Waals surface area contributed by atoms with Crippen molar-refractivity contribution in [2.45, 2.75) is 25.3 Å². The third-order valence-corrected chi connectivity index (χ3v) is 3.96. The van der Waals surface area contributed by atoms with Crippen molar-refractivity contribution in [2.24, 2.45) is 5.73 Å². The quantitative estimate of drug-likeness (QED) is 0.870. The van der Waals surface area contributed by atoms with Crippen LogP contribution < -0.4 is 10.6 Å². The Hall–Kier alpha value is -1.36. The molecule has 0 bridgehead atoms. The maximum Gasteiger partial charge on any atom is 0.240 e. The minimum atomic E-state index is -0.287. The number of nitrogens with zero attached hydrogens (tertiary/aromatic N) is 1. The number of rotatable bonds is 3. The maximum absolute atomic E-state index is 11.5. The van der Waals surface area contributed by atoms with Crippen LogP contribution >= 0.6 is 15.9 Å². The van der Waals surface area contributed by atoms with Crippen LogP contribution in [0.15, 0.2) is 22.7 Å². The zero-order chi connectivity index (χ0) is 13.1. The first kappa shape index (κ1) is 13.1. The number of amides is 1. The molecule has 0 aromatic heterocycles. The Morgan fingerprint density at radius 3 is 2.83 bits per heavy atom. The molecule has 1 atom stereocenters. The maximum atomic E-state index is 11.5. The molecule has 0 saturated carbocycles. The number of anilines is 1. The predicted molar refractivity (Wildman–Crippen MR) is 73.7 cm³/mol. The fourth-order valence-electron chi connectivity index (χ4n) is 2.33. The van der Waals surface area contributed by atoms with E-state index in [0.717, 1.165) is 42.3 Å². The highest BCUT2D eigenvalue weighted by Crippen LogP contribution is 2.28. The first-order chi connectivity index (χ1) is 8.63. The number of primary amides is 1. The average molecular weight is 311 g/mol. The Morgan fingerprint density at radius 2 is 2.22 bits per heavy atom. The SMILES string of the molecule is NC(=O)C1CCCCN1c1ccc(C=O)c(Br)c1. The van der Waals surface area contributed by atoms with Gasteiger partial charge in [-0.2, -0.15) is 0 Å². The number of hydrogen-bond acceptors (Lipinski definition) is 3. The van der Waals surface area contributed by atoms with Crippen molar-refractivity contribution in [3.63, 3.8) is 0 Å². The van der Waals surface area contributed by atoms with E-state index in [1.807, 2.05) is 17.0 Å². The van der Waals surface area contributed by atoms with Gasteiger partial charge < -0.3 is 10.6 Å². The van der Waals surface area contributed by atoms with Gasteiger partial charge in [-0.15, -0.1) is 0 Å². The van der Waals surface area contributed by atoms with Crippen molar-refractivity contribution in [3.05, 3.63) is 28.2 Å². The molecule has 1 aliphatic rings. The molecule has 1 heterocycles. The van der Waals surface area contributed by atoms with Crippen molar-refractivity contribution < 1.29 is 9.59 Å². The molecule has 1 aromatic carbocycles. The monoisotopic (exact) mass is 310 g/mol. The average Bonchev–Trinajstić information content (AvgIpc) is 2.38. The van der Waals surface area contributed by atoms with Crippen LogP contribution in [-0.4, -0.2) is 24.8 Å².